The van der Waals surface area contributed by atoms with Gasteiger partial charge in [-0.3, -0.25) is 0 Å². The number of fused-ring (bicyclic) bond motifs is 3. The Morgan fingerprint density at radius 2 is 2.03 bits per heavy atom. The van der Waals surface area contributed by atoms with Gasteiger partial charge in [0.25, 0.3) is 0 Å². The van der Waals surface area contributed by atoms with Crippen molar-refractivity contribution in [3.05, 3.63) is 41.1 Å². The van der Waals surface area contributed by atoms with Gasteiger partial charge in [-0.15, -0.1) is 0 Å². The number of carboxylic acid groups (broad SMARTS) is 1. The molecule has 0 amide bonds. The molecule has 2 N–H and O–H groups in total. The lowest BCUT2D eigenvalue weighted by atomic mass is 9.67. The topological polar surface area (TPSA) is 79.2 Å². The average molecular weight is 402 g/mol. The van der Waals surface area contributed by atoms with Gasteiger partial charge in [-0.2, -0.15) is 0 Å². The summed E-state index contributed by atoms with van der Waals surface area (Å²) in [7, 11) is 1.61. The highest BCUT2D eigenvalue weighted by molar-refractivity contribution is 5.89. The van der Waals surface area contributed by atoms with E-state index >= 15 is 0 Å². The van der Waals surface area contributed by atoms with Gasteiger partial charge >= 0.3 is 5.97 Å². The number of carbonyl (C=O) groups is 1. The lowest BCUT2D eigenvalue weighted by molar-refractivity contribution is -0.132. The van der Waals surface area contributed by atoms with Crippen LogP contribution in [0, 0.1) is 5.92 Å². The van der Waals surface area contributed by atoms with E-state index in [0.29, 0.717) is 42.4 Å². The summed E-state index contributed by atoms with van der Waals surface area (Å²) in [4.78, 5) is 13.7. The van der Waals surface area contributed by atoms with E-state index in [0.717, 1.165) is 16.8 Å². The van der Waals surface area contributed by atoms with E-state index in [1.165, 1.54) is 0 Å². The maximum atomic E-state index is 11.6. The molecule has 2 heterocycles. The molecule has 0 aliphatic carbocycles. The number of allylic oxidation sites excluding steroid dienone is 1. The molecule has 6 heteroatoms. The zero-order chi connectivity index (χ0) is 21.3. The molecule has 1 aromatic carbocycles. The Labute approximate surface area is 172 Å². The number of nitrogens with zero attached hydrogens (tertiary/aromatic N) is 1. The van der Waals surface area contributed by atoms with Gasteiger partial charge in [-0.25, -0.2) is 4.79 Å². The van der Waals surface area contributed by atoms with Crippen molar-refractivity contribution in [1.82, 2.24) is 4.90 Å². The summed E-state index contributed by atoms with van der Waals surface area (Å²) in [5, 5.41) is 18.6. The zero-order valence-electron chi connectivity index (χ0n) is 17.9. The molecule has 0 fully saturated rings. The van der Waals surface area contributed by atoms with E-state index < -0.39 is 5.97 Å². The maximum absolute atomic E-state index is 11.6. The van der Waals surface area contributed by atoms with Crippen molar-refractivity contribution in [1.29, 1.82) is 0 Å². The Morgan fingerprint density at radius 1 is 1.31 bits per heavy atom. The number of rotatable bonds is 7. The lowest BCUT2D eigenvalue weighted by Crippen LogP contribution is -2.52. The van der Waals surface area contributed by atoms with Crippen LogP contribution in [0.2, 0.25) is 0 Å². The summed E-state index contributed by atoms with van der Waals surface area (Å²) >= 11 is 0. The third-order valence-electron chi connectivity index (χ3n) is 5.87. The molecule has 1 atom stereocenters. The third kappa shape index (κ3) is 3.73. The van der Waals surface area contributed by atoms with Gasteiger partial charge < -0.3 is 24.6 Å². The largest absolute Gasteiger partial charge is 0.493 e. The fourth-order valence-corrected chi connectivity index (χ4v) is 4.71. The van der Waals surface area contributed by atoms with E-state index in [2.05, 4.69) is 38.7 Å². The van der Waals surface area contributed by atoms with Crippen LogP contribution in [-0.4, -0.2) is 47.4 Å². The van der Waals surface area contributed by atoms with Crippen molar-refractivity contribution in [2.75, 3.05) is 20.3 Å². The highest BCUT2D eigenvalue weighted by atomic mass is 16.5. The standard InChI is InChI=1S/C23H31NO5/c1-14(2)21-23(3,4)17-12-20(29-10-6-9-25)19(28-5)11-16(17)18-8-7-15(22(26)27)13-24(18)21/h8,11-14,21,25H,6-7,9-10H2,1-5H3,(H,26,27). The number of benzene rings is 1. The van der Waals surface area contributed by atoms with Crippen LogP contribution in [0.4, 0.5) is 0 Å². The first-order valence-electron chi connectivity index (χ1n) is 10.1. The average Bonchev–Trinajstić information content (AvgIpc) is 2.66. The van der Waals surface area contributed by atoms with E-state index in [4.69, 9.17) is 14.6 Å². The molecule has 3 rings (SSSR count). The summed E-state index contributed by atoms with van der Waals surface area (Å²) in [5.41, 5.74) is 3.36. The molecule has 0 saturated heterocycles. The van der Waals surface area contributed by atoms with Crippen LogP contribution in [0.5, 0.6) is 11.5 Å². The second kappa shape index (κ2) is 8.11. The Hall–Kier alpha value is -2.47. The molecule has 6 nitrogen and oxygen atoms in total. The number of carboxylic acids is 1. The second-order valence-corrected chi connectivity index (χ2v) is 8.55. The number of methoxy groups -OCH3 is 1. The molecule has 0 spiro atoms. The predicted octanol–water partition coefficient (Wildman–Crippen LogP) is 3.79. The fourth-order valence-electron chi connectivity index (χ4n) is 4.71. The van der Waals surface area contributed by atoms with Crippen LogP contribution < -0.4 is 9.47 Å². The van der Waals surface area contributed by atoms with Gasteiger partial charge in [0.05, 0.1) is 19.3 Å². The summed E-state index contributed by atoms with van der Waals surface area (Å²) < 4.78 is 11.5. The summed E-state index contributed by atoms with van der Waals surface area (Å²) in [6.07, 6.45) is 4.74. The predicted molar refractivity (Wildman–Crippen MR) is 112 cm³/mol. The molecular weight excluding hydrogens is 370 g/mol. The van der Waals surface area contributed by atoms with Crippen molar-refractivity contribution in [2.24, 2.45) is 5.92 Å². The molecule has 29 heavy (non-hydrogen) atoms. The zero-order valence-corrected chi connectivity index (χ0v) is 17.9. The van der Waals surface area contributed by atoms with Crippen molar-refractivity contribution >= 4 is 11.7 Å². The van der Waals surface area contributed by atoms with Crippen LogP contribution in [0.3, 0.4) is 0 Å². The Bertz CT molecular complexity index is 853. The minimum absolute atomic E-state index is 0.0776. The van der Waals surface area contributed by atoms with Gasteiger partial charge in [-0.1, -0.05) is 33.8 Å². The van der Waals surface area contributed by atoms with Crippen molar-refractivity contribution in [2.45, 2.75) is 52.0 Å². The first-order valence-corrected chi connectivity index (χ1v) is 10.1. The lowest BCUT2D eigenvalue weighted by Gasteiger charge is -2.51. The van der Waals surface area contributed by atoms with Crippen LogP contribution in [0.25, 0.3) is 5.70 Å². The highest BCUT2D eigenvalue weighted by Crippen LogP contribution is 2.50. The van der Waals surface area contributed by atoms with Gasteiger partial charge in [0.1, 0.15) is 0 Å². The number of ether oxygens (including phenoxy) is 2. The maximum Gasteiger partial charge on any atom is 0.333 e. The molecule has 2 aliphatic rings. The van der Waals surface area contributed by atoms with E-state index in [-0.39, 0.29) is 18.1 Å². The Morgan fingerprint density at radius 3 is 2.62 bits per heavy atom. The minimum atomic E-state index is -0.878. The number of hydrogen-bond acceptors (Lipinski definition) is 5. The normalized spacial score (nSPS) is 19.8. The van der Waals surface area contributed by atoms with E-state index in [1.807, 2.05) is 12.1 Å². The molecule has 0 aromatic heterocycles. The van der Waals surface area contributed by atoms with Crippen LogP contribution in [-0.2, 0) is 10.2 Å². The van der Waals surface area contributed by atoms with Crippen LogP contribution >= 0.6 is 0 Å². The molecule has 0 radical (unpaired) electrons. The Kier molecular flexibility index (Phi) is 5.94. The molecule has 0 saturated carbocycles. The summed E-state index contributed by atoms with van der Waals surface area (Å²) in [5.74, 6) is 0.722. The highest BCUT2D eigenvalue weighted by Gasteiger charge is 2.45. The van der Waals surface area contributed by atoms with Crippen LogP contribution in [0.1, 0.15) is 51.7 Å². The number of aliphatic carboxylic acids is 1. The first kappa shape index (κ1) is 21.2. The molecular formula is C23H31NO5. The molecule has 158 valence electrons. The fraction of sp³-hybridized carbons (Fsp3) is 0.522. The van der Waals surface area contributed by atoms with E-state index in [1.54, 1.807) is 13.3 Å². The quantitative estimate of drug-likeness (QED) is 0.677. The SMILES string of the molecule is COc1cc2c(cc1OCCCO)C(C)(C)C(C(C)C)N1C=C(C(=O)O)CC=C21. The number of aliphatic hydroxyl groups excluding tert-OH is 1. The smallest absolute Gasteiger partial charge is 0.333 e. The molecule has 0 bridgehead atoms. The number of aliphatic hydroxyl groups is 1. The van der Waals surface area contributed by atoms with Crippen LogP contribution in [0.15, 0.2) is 30.0 Å². The Balaban J connectivity index is 2.16. The van der Waals surface area contributed by atoms with Gasteiger partial charge in [-0.05, 0) is 23.6 Å². The summed E-state index contributed by atoms with van der Waals surface area (Å²) in [6.45, 7) is 9.22. The van der Waals surface area contributed by atoms with Gasteiger partial charge in [0.15, 0.2) is 11.5 Å². The van der Waals surface area contributed by atoms with Crippen molar-refractivity contribution < 1.29 is 24.5 Å². The minimum Gasteiger partial charge on any atom is -0.493 e. The molecule has 2 aliphatic heterocycles. The number of hydrogen-bond donors (Lipinski definition) is 2. The van der Waals surface area contributed by atoms with E-state index in [9.17, 15) is 9.90 Å². The van der Waals surface area contributed by atoms with Crippen molar-refractivity contribution in [3.63, 3.8) is 0 Å². The van der Waals surface area contributed by atoms with Crippen molar-refractivity contribution in [3.8, 4) is 11.5 Å². The third-order valence-corrected chi connectivity index (χ3v) is 5.87. The van der Waals surface area contributed by atoms with Gasteiger partial charge in [0.2, 0.25) is 0 Å². The molecule has 1 unspecified atom stereocenters. The monoisotopic (exact) mass is 401 g/mol. The molecule has 1 aromatic rings. The first-order chi connectivity index (χ1) is 13.7. The summed E-state index contributed by atoms with van der Waals surface area (Å²) in [6, 6.07) is 4.13. The second-order valence-electron chi connectivity index (χ2n) is 8.55. The van der Waals surface area contributed by atoms with Gasteiger partial charge in [0, 0.05) is 48.4 Å².